The number of rotatable bonds is 3. The Kier molecular flexibility index (Phi) is 4.38. The Labute approximate surface area is 110 Å². The monoisotopic (exact) mass is 270 g/mol. The maximum absolute atomic E-state index is 10.7. The third-order valence-corrected chi connectivity index (χ3v) is 3.27. The van der Waals surface area contributed by atoms with Gasteiger partial charge in [-0.1, -0.05) is 11.6 Å². The number of anilines is 1. The van der Waals surface area contributed by atoms with Crippen molar-refractivity contribution < 1.29 is 9.66 Å². The van der Waals surface area contributed by atoms with Crippen molar-refractivity contribution in [3.8, 4) is 0 Å². The Hall–Kier alpha value is -1.33. The van der Waals surface area contributed by atoms with E-state index in [9.17, 15) is 10.1 Å². The second-order valence-electron chi connectivity index (χ2n) is 4.31. The van der Waals surface area contributed by atoms with Gasteiger partial charge in [0.2, 0.25) is 0 Å². The molecule has 0 aliphatic carbocycles. The number of nitrogens with one attached hydrogen (secondary N) is 1. The number of nitro benzene ring substituents is 1. The molecule has 0 spiro atoms. The van der Waals surface area contributed by atoms with Gasteiger partial charge in [-0.15, -0.1) is 0 Å². The molecule has 1 heterocycles. The molecular formula is C12H15ClN2O3. The zero-order valence-corrected chi connectivity index (χ0v) is 10.7. The van der Waals surface area contributed by atoms with Gasteiger partial charge >= 0.3 is 0 Å². The van der Waals surface area contributed by atoms with Crippen LogP contribution in [0.25, 0.3) is 0 Å². The van der Waals surface area contributed by atoms with E-state index in [1.165, 1.54) is 6.07 Å². The van der Waals surface area contributed by atoms with Gasteiger partial charge in [-0.25, -0.2) is 0 Å². The normalized spacial score (nSPS) is 20.2. The first-order chi connectivity index (χ1) is 8.66. The molecule has 6 heteroatoms. The predicted molar refractivity (Wildman–Crippen MR) is 70.2 cm³/mol. The Morgan fingerprint density at radius 1 is 1.39 bits per heavy atom. The molecular weight excluding hydrogens is 256 g/mol. The highest BCUT2D eigenvalue weighted by atomic mass is 35.5. The van der Waals surface area contributed by atoms with E-state index in [0.717, 1.165) is 38.2 Å². The van der Waals surface area contributed by atoms with Gasteiger partial charge in [0, 0.05) is 31.0 Å². The smallest absolute Gasteiger partial charge is 0.288 e. The van der Waals surface area contributed by atoms with Crippen LogP contribution in [0.3, 0.4) is 0 Å². The summed E-state index contributed by atoms with van der Waals surface area (Å²) in [7, 11) is 0. The first-order valence-electron chi connectivity index (χ1n) is 5.95. The van der Waals surface area contributed by atoms with Crippen molar-refractivity contribution in [3.05, 3.63) is 33.3 Å². The Balaban J connectivity index is 2.05. The lowest BCUT2D eigenvalue weighted by atomic mass is 10.1. The van der Waals surface area contributed by atoms with Crippen LogP contribution in [0.2, 0.25) is 5.02 Å². The number of hydrogen-bond donors (Lipinski definition) is 1. The van der Waals surface area contributed by atoms with Crippen LogP contribution in [0, 0.1) is 10.1 Å². The summed E-state index contributed by atoms with van der Waals surface area (Å²) < 4.78 is 5.38. The summed E-state index contributed by atoms with van der Waals surface area (Å²) in [5, 5.41) is 14.2. The van der Waals surface area contributed by atoms with Gasteiger partial charge in [-0.2, -0.15) is 0 Å². The maximum atomic E-state index is 10.7. The Morgan fingerprint density at radius 2 is 2.22 bits per heavy atom. The average molecular weight is 271 g/mol. The van der Waals surface area contributed by atoms with Gasteiger partial charge in [0.15, 0.2) is 0 Å². The zero-order chi connectivity index (χ0) is 13.0. The van der Waals surface area contributed by atoms with Crippen molar-refractivity contribution in [1.29, 1.82) is 0 Å². The van der Waals surface area contributed by atoms with Crippen LogP contribution >= 0.6 is 11.6 Å². The number of nitro groups is 1. The van der Waals surface area contributed by atoms with E-state index in [4.69, 9.17) is 16.3 Å². The van der Waals surface area contributed by atoms with Crippen molar-refractivity contribution in [2.24, 2.45) is 0 Å². The topological polar surface area (TPSA) is 64.4 Å². The lowest BCUT2D eigenvalue weighted by molar-refractivity contribution is -0.384. The number of halogens is 1. The maximum Gasteiger partial charge on any atom is 0.288 e. The summed E-state index contributed by atoms with van der Waals surface area (Å²) >= 11 is 5.87. The van der Waals surface area contributed by atoms with Crippen LogP contribution in [0.5, 0.6) is 0 Å². The van der Waals surface area contributed by atoms with E-state index in [0.29, 0.717) is 6.04 Å². The number of hydrogen-bond acceptors (Lipinski definition) is 4. The molecule has 1 unspecified atom stereocenters. The number of ether oxygens (including phenoxy) is 1. The second kappa shape index (κ2) is 6.02. The zero-order valence-electron chi connectivity index (χ0n) is 9.89. The lowest BCUT2D eigenvalue weighted by Crippen LogP contribution is -2.19. The van der Waals surface area contributed by atoms with Crippen molar-refractivity contribution >= 4 is 23.0 Å². The molecule has 1 aromatic rings. The van der Waals surface area contributed by atoms with Crippen LogP contribution < -0.4 is 5.32 Å². The molecule has 18 heavy (non-hydrogen) atoms. The number of benzene rings is 1. The predicted octanol–water partition coefficient (Wildman–Crippen LogP) is 3.23. The van der Waals surface area contributed by atoms with Crippen LogP contribution in [0.15, 0.2) is 18.2 Å². The van der Waals surface area contributed by atoms with E-state index in [1.54, 1.807) is 12.1 Å². The molecule has 1 aliphatic rings. The molecule has 5 nitrogen and oxygen atoms in total. The Morgan fingerprint density at radius 3 is 2.94 bits per heavy atom. The molecule has 1 saturated heterocycles. The third-order valence-electron chi connectivity index (χ3n) is 2.97. The summed E-state index contributed by atoms with van der Waals surface area (Å²) in [6.07, 6.45) is 3.00. The SMILES string of the molecule is O=[N+]([O-])c1ccc(NC2CCCOCC2)cc1Cl. The minimum Gasteiger partial charge on any atom is -0.382 e. The molecule has 98 valence electrons. The van der Waals surface area contributed by atoms with Crippen LogP contribution in [-0.2, 0) is 4.74 Å². The van der Waals surface area contributed by atoms with E-state index in [1.807, 2.05) is 0 Å². The molecule has 0 saturated carbocycles. The fourth-order valence-corrected chi connectivity index (χ4v) is 2.28. The van der Waals surface area contributed by atoms with Gasteiger partial charge in [0.05, 0.1) is 4.92 Å². The first-order valence-corrected chi connectivity index (χ1v) is 6.33. The highest BCUT2D eigenvalue weighted by Gasteiger charge is 2.15. The molecule has 2 rings (SSSR count). The highest BCUT2D eigenvalue weighted by Crippen LogP contribution is 2.28. The van der Waals surface area contributed by atoms with Gasteiger partial charge in [-0.3, -0.25) is 10.1 Å². The van der Waals surface area contributed by atoms with Crippen molar-refractivity contribution in [1.82, 2.24) is 0 Å². The summed E-state index contributed by atoms with van der Waals surface area (Å²) in [6.45, 7) is 1.55. The third kappa shape index (κ3) is 3.34. The molecule has 1 N–H and O–H groups in total. The van der Waals surface area contributed by atoms with Gasteiger partial charge in [0.1, 0.15) is 5.02 Å². The first kappa shape index (κ1) is 13.1. The average Bonchev–Trinajstić information content (AvgIpc) is 2.57. The fourth-order valence-electron chi connectivity index (χ4n) is 2.03. The molecule has 1 atom stereocenters. The fraction of sp³-hybridized carbons (Fsp3) is 0.500. The van der Waals surface area contributed by atoms with Crippen molar-refractivity contribution in [2.75, 3.05) is 18.5 Å². The van der Waals surface area contributed by atoms with Gasteiger partial charge in [0.25, 0.3) is 5.69 Å². The largest absolute Gasteiger partial charge is 0.382 e. The highest BCUT2D eigenvalue weighted by molar-refractivity contribution is 6.32. The Bertz CT molecular complexity index is 431. The van der Waals surface area contributed by atoms with Crippen molar-refractivity contribution in [2.45, 2.75) is 25.3 Å². The van der Waals surface area contributed by atoms with E-state index >= 15 is 0 Å². The molecule has 0 aromatic heterocycles. The van der Waals surface area contributed by atoms with Crippen LogP contribution in [-0.4, -0.2) is 24.2 Å². The minimum absolute atomic E-state index is 0.0635. The minimum atomic E-state index is -0.481. The van der Waals surface area contributed by atoms with Gasteiger partial charge in [-0.05, 0) is 31.4 Å². The molecule has 1 aromatic carbocycles. The molecule has 1 fully saturated rings. The standard InChI is InChI=1S/C12H15ClN2O3/c13-11-8-10(3-4-12(11)15(16)17)14-9-2-1-6-18-7-5-9/h3-4,8-9,14H,1-2,5-7H2. The second-order valence-corrected chi connectivity index (χ2v) is 4.72. The quantitative estimate of drug-likeness (QED) is 0.676. The summed E-state index contributed by atoms with van der Waals surface area (Å²) in [5.41, 5.74) is 0.754. The molecule has 0 amide bonds. The van der Waals surface area contributed by atoms with E-state index < -0.39 is 4.92 Å². The molecule has 1 aliphatic heterocycles. The summed E-state index contributed by atoms with van der Waals surface area (Å²) in [5.74, 6) is 0. The summed E-state index contributed by atoms with van der Waals surface area (Å²) in [6, 6.07) is 5.06. The van der Waals surface area contributed by atoms with E-state index in [-0.39, 0.29) is 10.7 Å². The van der Waals surface area contributed by atoms with Crippen molar-refractivity contribution in [3.63, 3.8) is 0 Å². The summed E-state index contributed by atoms with van der Waals surface area (Å²) in [4.78, 5) is 10.2. The van der Waals surface area contributed by atoms with Crippen LogP contribution in [0.1, 0.15) is 19.3 Å². The lowest BCUT2D eigenvalue weighted by Gasteiger charge is -2.17. The molecule has 0 bridgehead atoms. The van der Waals surface area contributed by atoms with Gasteiger partial charge < -0.3 is 10.1 Å². The van der Waals surface area contributed by atoms with E-state index in [2.05, 4.69) is 5.32 Å². The van der Waals surface area contributed by atoms with Crippen LogP contribution in [0.4, 0.5) is 11.4 Å². The number of nitrogens with zero attached hydrogens (tertiary/aromatic N) is 1. The molecule has 0 radical (unpaired) electrons.